The van der Waals surface area contributed by atoms with Gasteiger partial charge in [-0.25, -0.2) is 0 Å². The summed E-state index contributed by atoms with van der Waals surface area (Å²) in [6.45, 7) is 7.51. The van der Waals surface area contributed by atoms with Crippen molar-refractivity contribution in [2.24, 2.45) is 5.41 Å². The Morgan fingerprint density at radius 1 is 1.00 bits per heavy atom. The van der Waals surface area contributed by atoms with E-state index in [0.717, 1.165) is 49.1 Å². The molecular weight excluding hydrogens is 396 g/mol. The molecule has 1 rings (SSSR count). The average molecular weight is 429 g/mol. The van der Waals surface area contributed by atoms with Crippen LogP contribution in [0.15, 0.2) is 24.3 Å². The van der Waals surface area contributed by atoms with Crippen LogP contribution in [0, 0.1) is 5.41 Å². The van der Waals surface area contributed by atoms with Gasteiger partial charge in [-0.2, -0.15) is 0 Å². The Labute approximate surface area is 166 Å². The third-order valence-corrected chi connectivity index (χ3v) is 4.71. The first-order chi connectivity index (χ1) is 12.5. The van der Waals surface area contributed by atoms with Crippen molar-refractivity contribution in [3.05, 3.63) is 24.3 Å². The SMILES string of the molecule is CCOC(=O)C(C)(C)CCCCOc1cccc(OCCCCCBr)c1. The molecule has 0 heterocycles. The summed E-state index contributed by atoms with van der Waals surface area (Å²) in [7, 11) is 0. The molecule has 0 spiro atoms. The molecule has 0 aliphatic carbocycles. The fraction of sp³-hybridized carbons (Fsp3) is 0.667. The normalized spacial score (nSPS) is 11.2. The molecule has 0 N–H and O–H groups in total. The molecule has 0 fully saturated rings. The number of esters is 1. The summed E-state index contributed by atoms with van der Waals surface area (Å²) in [5.41, 5.74) is -0.432. The quantitative estimate of drug-likeness (QED) is 0.214. The van der Waals surface area contributed by atoms with E-state index in [0.29, 0.717) is 13.2 Å². The number of halogens is 1. The zero-order valence-electron chi connectivity index (χ0n) is 16.4. The van der Waals surface area contributed by atoms with Crippen LogP contribution in [-0.4, -0.2) is 31.1 Å². The van der Waals surface area contributed by atoms with Crippen molar-refractivity contribution in [2.75, 3.05) is 25.2 Å². The van der Waals surface area contributed by atoms with Crippen molar-refractivity contribution in [3.8, 4) is 11.5 Å². The molecule has 1 aromatic rings. The molecule has 0 saturated heterocycles. The predicted octanol–water partition coefficient (Wildman–Crippen LogP) is 5.77. The van der Waals surface area contributed by atoms with Crippen LogP contribution < -0.4 is 9.47 Å². The molecule has 4 nitrogen and oxygen atoms in total. The van der Waals surface area contributed by atoms with Crippen molar-refractivity contribution in [1.82, 2.24) is 0 Å². The number of hydrogen-bond donors (Lipinski definition) is 0. The van der Waals surface area contributed by atoms with E-state index in [4.69, 9.17) is 14.2 Å². The number of alkyl halides is 1. The van der Waals surface area contributed by atoms with Gasteiger partial charge in [0.2, 0.25) is 0 Å². The van der Waals surface area contributed by atoms with E-state index >= 15 is 0 Å². The van der Waals surface area contributed by atoms with Gasteiger partial charge in [0, 0.05) is 11.4 Å². The number of carbonyl (C=O) groups excluding carboxylic acids is 1. The summed E-state index contributed by atoms with van der Waals surface area (Å²) in [5.74, 6) is 1.55. The first-order valence-electron chi connectivity index (χ1n) is 9.58. The number of unbranched alkanes of at least 4 members (excludes halogenated alkanes) is 3. The fourth-order valence-corrected chi connectivity index (χ4v) is 2.90. The molecule has 0 atom stereocenters. The van der Waals surface area contributed by atoms with E-state index < -0.39 is 5.41 Å². The van der Waals surface area contributed by atoms with E-state index in [1.807, 2.05) is 45.0 Å². The lowest BCUT2D eigenvalue weighted by molar-refractivity contribution is -0.153. The van der Waals surface area contributed by atoms with Crippen LogP contribution in [0.3, 0.4) is 0 Å². The summed E-state index contributed by atoms with van der Waals surface area (Å²) in [5, 5.41) is 1.05. The van der Waals surface area contributed by atoms with Gasteiger partial charge >= 0.3 is 5.97 Å². The monoisotopic (exact) mass is 428 g/mol. The smallest absolute Gasteiger partial charge is 0.311 e. The highest BCUT2D eigenvalue weighted by Gasteiger charge is 2.28. The molecule has 0 aliphatic rings. The Morgan fingerprint density at radius 3 is 2.19 bits per heavy atom. The van der Waals surface area contributed by atoms with E-state index in [2.05, 4.69) is 15.9 Å². The largest absolute Gasteiger partial charge is 0.493 e. The number of benzene rings is 1. The molecule has 148 valence electrons. The van der Waals surface area contributed by atoms with Gasteiger partial charge in [0.15, 0.2) is 0 Å². The number of rotatable bonds is 14. The minimum Gasteiger partial charge on any atom is -0.493 e. The molecule has 0 bridgehead atoms. The van der Waals surface area contributed by atoms with E-state index in [1.165, 1.54) is 12.8 Å². The van der Waals surface area contributed by atoms with E-state index in [-0.39, 0.29) is 5.97 Å². The molecule has 0 aromatic heterocycles. The maximum absolute atomic E-state index is 11.9. The zero-order chi connectivity index (χ0) is 19.3. The minimum atomic E-state index is -0.432. The lowest BCUT2D eigenvalue weighted by Gasteiger charge is -2.22. The van der Waals surface area contributed by atoms with Gasteiger partial charge < -0.3 is 14.2 Å². The molecule has 0 aliphatic heterocycles. The van der Waals surface area contributed by atoms with Gasteiger partial charge in [-0.05, 0) is 71.4 Å². The second-order valence-electron chi connectivity index (χ2n) is 6.98. The molecular formula is C21H33BrO4. The maximum atomic E-state index is 11.9. The second-order valence-corrected chi connectivity index (χ2v) is 7.78. The summed E-state index contributed by atoms with van der Waals surface area (Å²) in [6, 6.07) is 7.79. The van der Waals surface area contributed by atoms with Crippen LogP contribution in [0.4, 0.5) is 0 Å². The highest BCUT2D eigenvalue weighted by molar-refractivity contribution is 9.09. The van der Waals surface area contributed by atoms with Gasteiger partial charge in [0.25, 0.3) is 0 Å². The summed E-state index contributed by atoms with van der Waals surface area (Å²) in [6.07, 6.45) is 6.04. The predicted molar refractivity (Wildman–Crippen MR) is 109 cm³/mol. The maximum Gasteiger partial charge on any atom is 0.311 e. The van der Waals surface area contributed by atoms with Crippen LogP contribution in [0.5, 0.6) is 11.5 Å². The molecule has 0 unspecified atom stereocenters. The molecule has 5 heteroatoms. The highest BCUT2D eigenvalue weighted by atomic mass is 79.9. The topological polar surface area (TPSA) is 44.8 Å². The van der Waals surface area contributed by atoms with Gasteiger partial charge in [0.1, 0.15) is 11.5 Å². The third kappa shape index (κ3) is 9.46. The van der Waals surface area contributed by atoms with Crippen LogP contribution in [0.1, 0.15) is 59.3 Å². The standard InChI is InChI=1S/C21H33BrO4/c1-4-24-20(23)21(2,3)13-6-9-16-26-19-12-10-11-18(17-19)25-15-8-5-7-14-22/h10-12,17H,4-9,13-16H2,1-3H3. The third-order valence-electron chi connectivity index (χ3n) is 4.15. The fourth-order valence-electron chi connectivity index (χ4n) is 2.50. The Bertz CT molecular complexity index is 516. The van der Waals surface area contributed by atoms with E-state index in [1.54, 1.807) is 0 Å². The zero-order valence-corrected chi connectivity index (χ0v) is 18.0. The highest BCUT2D eigenvalue weighted by Crippen LogP contribution is 2.25. The van der Waals surface area contributed by atoms with Crippen molar-refractivity contribution in [3.63, 3.8) is 0 Å². The van der Waals surface area contributed by atoms with Gasteiger partial charge in [-0.15, -0.1) is 0 Å². The van der Waals surface area contributed by atoms with Crippen molar-refractivity contribution >= 4 is 21.9 Å². The molecule has 26 heavy (non-hydrogen) atoms. The van der Waals surface area contributed by atoms with Crippen LogP contribution >= 0.6 is 15.9 Å². The summed E-state index contributed by atoms with van der Waals surface area (Å²) >= 11 is 3.44. The lowest BCUT2D eigenvalue weighted by atomic mass is 9.87. The molecule has 0 saturated carbocycles. The number of carbonyl (C=O) groups is 1. The van der Waals surface area contributed by atoms with Crippen LogP contribution in [-0.2, 0) is 9.53 Å². The number of hydrogen-bond acceptors (Lipinski definition) is 4. The van der Waals surface area contributed by atoms with Crippen molar-refractivity contribution in [1.29, 1.82) is 0 Å². The Hall–Kier alpha value is -1.23. The van der Waals surface area contributed by atoms with Gasteiger partial charge in [0.05, 0.1) is 25.2 Å². The Balaban J connectivity index is 2.24. The van der Waals surface area contributed by atoms with Gasteiger partial charge in [-0.3, -0.25) is 4.79 Å². The first kappa shape index (κ1) is 22.8. The average Bonchev–Trinajstić information content (AvgIpc) is 2.62. The van der Waals surface area contributed by atoms with Gasteiger partial charge in [-0.1, -0.05) is 22.0 Å². The van der Waals surface area contributed by atoms with E-state index in [9.17, 15) is 4.79 Å². The Morgan fingerprint density at radius 2 is 1.62 bits per heavy atom. The van der Waals surface area contributed by atoms with Crippen molar-refractivity contribution in [2.45, 2.75) is 59.3 Å². The molecule has 0 amide bonds. The molecule has 0 radical (unpaired) electrons. The van der Waals surface area contributed by atoms with Crippen LogP contribution in [0.25, 0.3) is 0 Å². The summed E-state index contributed by atoms with van der Waals surface area (Å²) in [4.78, 5) is 11.9. The van der Waals surface area contributed by atoms with Crippen LogP contribution in [0.2, 0.25) is 0 Å². The summed E-state index contributed by atoms with van der Waals surface area (Å²) < 4.78 is 16.7. The minimum absolute atomic E-state index is 0.123. The first-order valence-corrected chi connectivity index (χ1v) is 10.7. The number of ether oxygens (including phenoxy) is 3. The van der Waals surface area contributed by atoms with Crippen molar-refractivity contribution < 1.29 is 19.0 Å². The molecule has 1 aromatic carbocycles. The Kier molecular flexibility index (Phi) is 11.4. The second kappa shape index (κ2) is 13.0. The lowest BCUT2D eigenvalue weighted by Crippen LogP contribution is -2.26.